The molecule has 3 rings (SSSR count). The lowest BCUT2D eigenvalue weighted by Crippen LogP contribution is -2.52. The van der Waals surface area contributed by atoms with Crippen LogP contribution >= 0.6 is 0 Å². The van der Waals surface area contributed by atoms with E-state index in [0.717, 1.165) is 32.6 Å². The van der Waals surface area contributed by atoms with Crippen LogP contribution in [0.25, 0.3) is 0 Å². The maximum Gasteiger partial charge on any atom is 0.238 e. The molecule has 7 heteroatoms. The molecule has 160 valence electrons. The van der Waals surface area contributed by atoms with Crippen molar-refractivity contribution in [1.82, 2.24) is 15.1 Å². The zero-order valence-electron chi connectivity index (χ0n) is 17.5. The van der Waals surface area contributed by atoms with Gasteiger partial charge in [0, 0.05) is 37.9 Å². The second kappa shape index (κ2) is 10.2. The van der Waals surface area contributed by atoms with Gasteiger partial charge in [0.25, 0.3) is 0 Å². The molecule has 1 heterocycles. The molecule has 0 aromatic heterocycles. The van der Waals surface area contributed by atoms with Crippen molar-refractivity contribution in [2.24, 2.45) is 11.8 Å². The predicted molar refractivity (Wildman–Crippen MR) is 112 cm³/mol. The molecule has 1 aliphatic carbocycles. The molecule has 2 fully saturated rings. The van der Waals surface area contributed by atoms with Crippen molar-refractivity contribution in [2.75, 3.05) is 44.6 Å². The molecule has 0 unspecified atom stereocenters. The number of benzene rings is 1. The smallest absolute Gasteiger partial charge is 0.238 e. The molecule has 1 saturated heterocycles. The lowest BCUT2D eigenvalue weighted by atomic mass is 9.78. The van der Waals surface area contributed by atoms with Gasteiger partial charge in [0.15, 0.2) is 0 Å². The van der Waals surface area contributed by atoms with E-state index in [2.05, 4.69) is 34.3 Å². The normalized spacial score (nSPS) is 26.1. The first-order valence-electron chi connectivity index (χ1n) is 10.7. The molecular formula is C22H33FN4O2. The maximum atomic E-state index is 13.2. The average Bonchev–Trinajstić information content (AvgIpc) is 2.67. The summed E-state index contributed by atoms with van der Waals surface area (Å²) < 4.78 is 13.2. The zero-order chi connectivity index (χ0) is 20.8. The average molecular weight is 405 g/mol. The molecule has 3 atom stereocenters. The molecule has 0 spiro atoms. The highest BCUT2D eigenvalue weighted by Crippen LogP contribution is 2.29. The van der Waals surface area contributed by atoms with E-state index in [1.54, 1.807) is 12.1 Å². The summed E-state index contributed by atoms with van der Waals surface area (Å²) in [5.41, 5.74) is 0.469. The van der Waals surface area contributed by atoms with Crippen molar-refractivity contribution in [3.8, 4) is 0 Å². The van der Waals surface area contributed by atoms with Crippen molar-refractivity contribution in [1.29, 1.82) is 0 Å². The minimum atomic E-state index is -0.369. The third kappa shape index (κ3) is 6.51. The number of halogens is 1. The van der Waals surface area contributed by atoms with Crippen molar-refractivity contribution in [3.63, 3.8) is 0 Å². The van der Waals surface area contributed by atoms with E-state index in [1.807, 2.05) is 0 Å². The number of hydrogen-bond donors (Lipinski definition) is 2. The van der Waals surface area contributed by atoms with E-state index in [9.17, 15) is 14.0 Å². The molecule has 2 N–H and O–H groups in total. The van der Waals surface area contributed by atoms with Gasteiger partial charge >= 0.3 is 0 Å². The Bertz CT molecular complexity index is 706. The predicted octanol–water partition coefficient (Wildman–Crippen LogP) is 2.32. The number of rotatable bonds is 6. The van der Waals surface area contributed by atoms with Crippen LogP contribution in [-0.4, -0.2) is 66.9 Å². The van der Waals surface area contributed by atoms with E-state index < -0.39 is 0 Å². The summed E-state index contributed by atoms with van der Waals surface area (Å²) in [6, 6.07) is 6.19. The molecule has 0 radical (unpaired) electrons. The van der Waals surface area contributed by atoms with Gasteiger partial charge in [0.2, 0.25) is 11.8 Å². The molecule has 0 bridgehead atoms. The Kier molecular flexibility index (Phi) is 7.61. The summed E-state index contributed by atoms with van der Waals surface area (Å²) in [5, 5.41) is 5.96. The second-order valence-corrected chi connectivity index (χ2v) is 8.55. The Morgan fingerprint density at radius 2 is 1.69 bits per heavy atom. The van der Waals surface area contributed by atoms with E-state index in [4.69, 9.17) is 0 Å². The number of amides is 2. The van der Waals surface area contributed by atoms with E-state index in [1.165, 1.54) is 25.0 Å². The Labute approximate surface area is 172 Å². The van der Waals surface area contributed by atoms with Gasteiger partial charge in [-0.25, -0.2) is 4.39 Å². The quantitative estimate of drug-likeness (QED) is 0.764. The van der Waals surface area contributed by atoms with Crippen LogP contribution in [0.2, 0.25) is 0 Å². The molecule has 1 saturated carbocycles. The standard InChI is InChI=1S/C22H33FN4O2/c1-16-5-3-8-20(17(16)2)25-22(29)15-27-11-9-26(10-12-27)14-21(28)24-19-7-4-6-18(23)13-19/h4,6-7,13,16-17,20H,3,5,8-12,14-15H2,1-2H3,(H,24,28)(H,25,29)/t16-,17+,20+/m0/s1. The Balaban J connectivity index is 1.36. The Hall–Kier alpha value is -1.99. The molecular weight excluding hydrogens is 371 g/mol. The number of hydrogen-bond acceptors (Lipinski definition) is 4. The van der Waals surface area contributed by atoms with Crippen LogP contribution in [0.5, 0.6) is 0 Å². The van der Waals surface area contributed by atoms with Crippen LogP contribution in [0.15, 0.2) is 24.3 Å². The number of nitrogens with one attached hydrogen (secondary N) is 2. The van der Waals surface area contributed by atoms with Crippen LogP contribution in [0.3, 0.4) is 0 Å². The van der Waals surface area contributed by atoms with E-state index in [-0.39, 0.29) is 24.2 Å². The van der Waals surface area contributed by atoms with Crippen molar-refractivity contribution >= 4 is 17.5 Å². The number of anilines is 1. The lowest BCUT2D eigenvalue weighted by Gasteiger charge is -2.36. The fourth-order valence-electron chi connectivity index (χ4n) is 4.32. The minimum absolute atomic E-state index is 0.105. The lowest BCUT2D eigenvalue weighted by molar-refractivity contribution is -0.124. The zero-order valence-corrected chi connectivity index (χ0v) is 17.5. The molecule has 6 nitrogen and oxygen atoms in total. The molecule has 2 amide bonds. The van der Waals surface area contributed by atoms with Crippen molar-refractivity contribution < 1.29 is 14.0 Å². The number of nitrogens with zero attached hydrogens (tertiary/aromatic N) is 2. The monoisotopic (exact) mass is 404 g/mol. The highest BCUT2D eigenvalue weighted by molar-refractivity contribution is 5.92. The van der Waals surface area contributed by atoms with Gasteiger partial charge in [-0.15, -0.1) is 0 Å². The summed E-state index contributed by atoms with van der Waals surface area (Å²) >= 11 is 0. The van der Waals surface area contributed by atoms with Crippen LogP contribution < -0.4 is 10.6 Å². The Morgan fingerprint density at radius 1 is 1.03 bits per heavy atom. The van der Waals surface area contributed by atoms with Crippen LogP contribution in [0.4, 0.5) is 10.1 Å². The van der Waals surface area contributed by atoms with Gasteiger partial charge in [-0.1, -0.05) is 32.8 Å². The number of carbonyl (C=O) groups excluding carboxylic acids is 2. The second-order valence-electron chi connectivity index (χ2n) is 8.55. The SMILES string of the molecule is C[C@@H]1[C@@H](C)CCC[C@H]1NC(=O)CN1CCN(CC(=O)Nc2cccc(F)c2)CC1. The first-order valence-corrected chi connectivity index (χ1v) is 10.7. The van der Waals surface area contributed by atoms with Crippen LogP contribution in [-0.2, 0) is 9.59 Å². The van der Waals surface area contributed by atoms with Crippen molar-refractivity contribution in [2.45, 2.75) is 39.2 Å². The fraction of sp³-hybridized carbons (Fsp3) is 0.636. The largest absolute Gasteiger partial charge is 0.352 e. The van der Waals surface area contributed by atoms with Gasteiger partial charge < -0.3 is 10.6 Å². The van der Waals surface area contributed by atoms with E-state index >= 15 is 0 Å². The Morgan fingerprint density at radius 3 is 2.34 bits per heavy atom. The fourth-order valence-corrected chi connectivity index (χ4v) is 4.32. The molecule has 29 heavy (non-hydrogen) atoms. The first kappa shape index (κ1) is 21.7. The summed E-state index contributed by atoms with van der Waals surface area (Å²) in [4.78, 5) is 28.8. The van der Waals surface area contributed by atoms with Gasteiger partial charge in [0.1, 0.15) is 5.82 Å². The van der Waals surface area contributed by atoms with E-state index in [0.29, 0.717) is 30.1 Å². The van der Waals surface area contributed by atoms with Gasteiger partial charge in [-0.3, -0.25) is 19.4 Å². The number of carbonyl (C=O) groups is 2. The van der Waals surface area contributed by atoms with Crippen LogP contribution in [0, 0.1) is 17.7 Å². The summed E-state index contributed by atoms with van der Waals surface area (Å²) in [7, 11) is 0. The van der Waals surface area contributed by atoms with Gasteiger partial charge in [-0.2, -0.15) is 0 Å². The number of piperazine rings is 1. The summed E-state index contributed by atoms with van der Waals surface area (Å²) in [6.07, 6.45) is 3.51. The molecule has 1 aliphatic heterocycles. The third-order valence-electron chi connectivity index (χ3n) is 6.36. The topological polar surface area (TPSA) is 64.7 Å². The van der Waals surface area contributed by atoms with Gasteiger partial charge in [0.05, 0.1) is 13.1 Å². The third-order valence-corrected chi connectivity index (χ3v) is 6.36. The maximum absolute atomic E-state index is 13.2. The summed E-state index contributed by atoms with van der Waals surface area (Å²) in [5.74, 6) is 0.777. The highest BCUT2D eigenvalue weighted by Gasteiger charge is 2.29. The summed E-state index contributed by atoms with van der Waals surface area (Å²) in [6.45, 7) is 8.19. The first-order chi connectivity index (χ1) is 13.9. The highest BCUT2D eigenvalue weighted by atomic mass is 19.1. The van der Waals surface area contributed by atoms with Crippen molar-refractivity contribution in [3.05, 3.63) is 30.1 Å². The van der Waals surface area contributed by atoms with Gasteiger partial charge in [-0.05, 0) is 36.5 Å². The van der Waals surface area contributed by atoms with Crippen LogP contribution in [0.1, 0.15) is 33.1 Å². The minimum Gasteiger partial charge on any atom is -0.352 e. The molecule has 1 aromatic rings. The molecule has 1 aromatic carbocycles. The molecule has 2 aliphatic rings.